The number of nitrogens with two attached hydrogens (primary N) is 1. The van der Waals surface area contributed by atoms with E-state index >= 15 is 0 Å². The van der Waals surface area contributed by atoms with Crippen molar-refractivity contribution in [2.24, 2.45) is 5.73 Å². The van der Waals surface area contributed by atoms with Crippen LogP contribution < -0.4 is 5.73 Å². The highest BCUT2D eigenvalue weighted by atomic mass is 32.2. The molecular weight excluding hydrogens is 198 g/mol. The third-order valence-electron chi connectivity index (χ3n) is 2.69. The molecular formula is C10H21NO2S. The molecule has 0 radical (unpaired) electrons. The van der Waals surface area contributed by atoms with Gasteiger partial charge in [0.15, 0.2) is 0 Å². The fourth-order valence-electron chi connectivity index (χ4n) is 1.80. The highest BCUT2D eigenvalue weighted by molar-refractivity contribution is 7.85. The lowest BCUT2D eigenvalue weighted by Crippen LogP contribution is -2.26. The van der Waals surface area contributed by atoms with Crippen molar-refractivity contribution >= 4 is 10.8 Å². The number of ether oxygens (including phenoxy) is 1. The maximum Gasteiger partial charge on any atom is 0.0691 e. The van der Waals surface area contributed by atoms with E-state index in [1.54, 1.807) is 0 Å². The van der Waals surface area contributed by atoms with Crippen LogP contribution in [0.1, 0.15) is 32.6 Å². The summed E-state index contributed by atoms with van der Waals surface area (Å²) >= 11 is 0. The summed E-state index contributed by atoms with van der Waals surface area (Å²) in [5, 5.41) is 0.268. The quantitative estimate of drug-likeness (QED) is 0.726. The minimum Gasteiger partial charge on any atom is -0.377 e. The first kappa shape index (κ1) is 12.1. The summed E-state index contributed by atoms with van der Waals surface area (Å²) in [6.07, 6.45) is 4.26. The van der Waals surface area contributed by atoms with Gasteiger partial charge in [-0.2, -0.15) is 0 Å². The van der Waals surface area contributed by atoms with E-state index in [2.05, 4.69) is 6.92 Å². The van der Waals surface area contributed by atoms with Crippen LogP contribution in [0.2, 0.25) is 0 Å². The molecule has 2 N–H and O–H groups in total. The lowest BCUT2D eigenvalue weighted by atomic mass is 10.2. The van der Waals surface area contributed by atoms with Crippen LogP contribution in [0.25, 0.3) is 0 Å². The van der Waals surface area contributed by atoms with Crippen molar-refractivity contribution in [1.82, 2.24) is 0 Å². The molecule has 0 aliphatic carbocycles. The molecule has 14 heavy (non-hydrogen) atoms. The van der Waals surface area contributed by atoms with Gasteiger partial charge in [0, 0.05) is 22.7 Å². The summed E-state index contributed by atoms with van der Waals surface area (Å²) < 4.78 is 17.4. The van der Waals surface area contributed by atoms with Crippen molar-refractivity contribution < 1.29 is 8.95 Å². The molecule has 0 amide bonds. The van der Waals surface area contributed by atoms with Crippen LogP contribution in [0.5, 0.6) is 0 Å². The zero-order chi connectivity index (χ0) is 10.4. The molecule has 0 spiro atoms. The average Bonchev–Trinajstić information content (AvgIpc) is 2.66. The van der Waals surface area contributed by atoms with Gasteiger partial charge in [-0.1, -0.05) is 6.92 Å². The molecule has 0 bridgehead atoms. The van der Waals surface area contributed by atoms with E-state index in [0.717, 1.165) is 32.3 Å². The van der Waals surface area contributed by atoms with E-state index in [0.29, 0.717) is 12.3 Å². The first-order chi connectivity index (χ1) is 6.77. The minimum atomic E-state index is -0.753. The Labute approximate surface area is 88.8 Å². The van der Waals surface area contributed by atoms with E-state index in [-0.39, 0.29) is 11.4 Å². The first-order valence-electron chi connectivity index (χ1n) is 5.46. The highest BCUT2D eigenvalue weighted by Crippen LogP contribution is 2.16. The van der Waals surface area contributed by atoms with Crippen molar-refractivity contribution in [3.05, 3.63) is 0 Å². The van der Waals surface area contributed by atoms with Gasteiger partial charge < -0.3 is 10.5 Å². The Hall–Kier alpha value is 0.0700. The van der Waals surface area contributed by atoms with Gasteiger partial charge in [0.05, 0.1) is 11.9 Å². The third-order valence-corrected chi connectivity index (χ3v) is 4.70. The summed E-state index contributed by atoms with van der Waals surface area (Å²) in [7, 11) is -0.753. The second-order valence-electron chi connectivity index (χ2n) is 3.79. The Morgan fingerprint density at radius 2 is 2.43 bits per heavy atom. The van der Waals surface area contributed by atoms with Crippen LogP contribution in [0.4, 0.5) is 0 Å². The molecule has 1 heterocycles. The second-order valence-corrected chi connectivity index (χ2v) is 5.55. The largest absolute Gasteiger partial charge is 0.377 e. The van der Waals surface area contributed by atoms with Crippen LogP contribution in [0.3, 0.4) is 0 Å². The van der Waals surface area contributed by atoms with Crippen LogP contribution in [-0.4, -0.2) is 34.5 Å². The molecule has 0 aromatic heterocycles. The predicted molar refractivity (Wildman–Crippen MR) is 59.7 cm³/mol. The summed E-state index contributed by atoms with van der Waals surface area (Å²) in [6, 6.07) is 0. The zero-order valence-corrected chi connectivity index (χ0v) is 9.72. The van der Waals surface area contributed by atoms with Gasteiger partial charge >= 0.3 is 0 Å². The maximum absolute atomic E-state index is 11.9. The molecule has 1 aliphatic heterocycles. The van der Waals surface area contributed by atoms with Crippen LogP contribution in [0, 0.1) is 0 Å². The van der Waals surface area contributed by atoms with Gasteiger partial charge in [-0.15, -0.1) is 0 Å². The van der Waals surface area contributed by atoms with Crippen molar-refractivity contribution in [1.29, 1.82) is 0 Å². The maximum atomic E-state index is 11.9. The van der Waals surface area contributed by atoms with E-state index < -0.39 is 10.8 Å². The molecule has 1 rings (SSSR count). The molecule has 0 saturated carbocycles. The number of hydrogen-bond acceptors (Lipinski definition) is 3. The van der Waals surface area contributed by atoms with Gasteiger partial charge in [-0.25, -0.2) is 0 Å². The van der Waals surface area contributed by atoms with Gasteiger partial charge in [0.25, 0.3) is 0 Å². The molecule has 0 aromatic rings. The van der Waals surface area contributed by atoms with Crippen molar-refractivity contribution in [2.75, 3.05) is 18.9 Å². The van der Waals surface area contributed by atoms with E-state index in [4.69, 9.17) is 10.5 Å². The van der Waals surface area contributed by atoms with E-state index in [9.17, 15) is 4.21 Å². The Balaban J connectivity index is 2.30. The van der Waals surface area contributed by atoms with E-state index in [1.165, 1.54) is 0 Å². The first-order valence-corrected chi connectivity index (χ1v) is 6.85. The molecule has 4 heteroatoms. The minimum absolute atomic E-state index is 0.239. The van der Waals surface area contributed by atoms with E-state index in [1.807, 2.05) is 0 Å². The predicted octanol–water partition coefficient (Wildman–Crippen LogP) is 1.04. The molecule has 1 aliphatic rings. The Morgan fingerprint density at radius 3 is 2.93 bits per heavy atom. The monoisotopic (exact) mass is 219 g/mol. The Morgan fingerprint density at radius 1 is 1.64 bits per heavy atom. The molecule has 3 unspecified atom stereocenters. The van der Waals surface area contributed by atoms with Crippen LogP contribution in [0.15, 0.2) is 0 Å². The summed E-state index contributed by atoms with van der Waals surface area (Å²) in [5.41, 5.74) is 5.49. The highest BCUT2D eigenvalue weighted by Gasteiger charge is 2.22. The fourth-order valence-corrected chi connectivity index (χ4v) is 3.47. The second kappa shape index (κ2) is 6.53. The SMILES string of the molecule is CCC(CCN)S(=O)CC1CCCO1. The summed E-state index contributed by atoms with van der Waals surface area (Å²) in [5.74, 6) is 0.707. The summed E-state index contributed by atoms with van der Waals surface area (Å²) in [6.45, 7) is 3.55. The van der Waals surface area contributed by atoms with Gasteiger partial charge in [-0.3, -0.25) is 4.21 Å². The van der Waals surface area contributed by atoms with Gasteiger partial charge in [0.2, 0.25) is 0 Å². The average molecular weight is 219 g/mol. The van der Waals surface area contributed by atoms with Crippen LogP contribution >= 0.6 is 0 Å². The standard InChI is InChI=1S/C10H21NO2S/c1-2-10(5-6-11)14(12)8-9-4-3-7-13-9/h9-10H,2-8,11H2,1H3. The molecule has 3 nitrogen and oxygen atoms in total. The molecule has 84 valence electrons. The number of rotatable bonds is 6. The molecule has 1 fully saturated rings. The lowest BCUT2D eigenvalue weighted by molar-refractivity contribution is 0.128. The fraction of sp³-hybridized carbons (Fsp3) is 1.00. The van der Waals surface area contributed by atoms with Gasteiger partial charge in [-0.05, 0) is 32.2 Å². The molecule has 0 aromatic carbocycles. The van der Waals surface area contributed by atoms with Crippen LogP contribution in [-0.2, 0) is 15.5 Å². The summed E-state index contributed by atoms with van der Waals surface area (Å²) in [4.78, 5) is 0. The molecule has 3 atom stereocenters. The Bertz CT molecular complexity index is 181. The lowest BCUT2D eigenvalue weighted by Gasteiger charge is -2.16. The number of hydrogen-bond donors (Lipinski definition) is 1. The van der Waals surface area contributed by atoms with Crippen molar-refractivity contribution in [2.45, 2.75) is 44.0 Å². The normalized spacial score (nSPS) is 26.3. The molecule has 1 saturated heterocycles. The van der Waals surface area contributed by atoms with Crippen molar-refractivity contribution in [3.63, 3.8) is 0 Å². The van der Waals surface area contributed by atoms with Crippen molar-refractivity contribution in [3.8, 4) is 0 Å². The zero-order valence-electron chi connectivity index (χ0n) is 8.91. The van der Waals surface area contributed by atoms with Gasteiger partial charge in [0.1, 0.15) is 0 Å². The topological polar surface area (TPSA) is 52.3 Å². The smallest absolute Gasteiger partial charge is 0.0691 e. The third kappa shape index (κ3) is 3.67. The Kier molecular flexibility index (Phi) is 5.67.